The quantitative estimate of drug-likeness (QED) is 0.778. The van der Waals surface area contributed by atoms with Gasteiger partial charge in [0.15, 0.2) is 0 Å². The summed E-state index contributed by atoms with van der Waals surface area (Å²) in [6.07, 6.45) is -0.109. The van der Waals surface area contributed by atoms with Gasteiger partial charge in [-0.2, -0.15) is 0 Å². The Bertz CT molecular complexity index is 519. The second kappa shape index (κ2) is 8.41. The molecule has 0 aliphatic rings. The Morgan fingerprint density at radius 1 is 1.17 bits per heavy atom. The van der Waals surface area contributed by atoms with Gasteiger partial charge in [0.1, 0.15) is 17.4 Å². The summed E-state index contributed by atoms with van der Waals surface area (Å²) in [5.74, 6) is -0.249. The number of carbonyl (C=O) groups excluding carboxylic acids is 2. The summed E-state index contributed by atoms with van der Waals surface area (Å²) in [5.41, 5.74) is 0.0866. The van der Waals surface area contributed by atoms with E-state index >= 15 is 0 Å². The maximum atomic E-state index is 12.1. The van der Waals surface area contributed by atoms with E-state index in [0.29, 0.717) is 11.4 Å². The number of hydrogen-bond donors (Lipinski definition) is 1. The molecule has 1 rings (SSSR count). The zero-order valence-electron chi connectivity index (χ0n) is 14.3. The zero-order chi connectivity index (χ0) is 17.5. The first-order chi connectivity index (χ1) is 10.7. The summed E-state index contributed by atoms with van der Waals surface area (Å²) >= 11 is 0. The Morgan fingerprint density at radius 3 is 2.26 bits per heavy atom. The van der Waals surface area contributed by atoms with Crippen molar-refractivity contribution < 1.29 is 23.8 Å². The van der Waals surface area contributed by atoms with Crippen molar-refractivity contribution in [3.63, 3.8) is 0 Å². The largest absolute Gasteiger partial charge is 0.497 e. The van der Waals surface area contributed by atoms with Gasteiger partial charge >= 0.3 is 11.9 Å². The van der Waals surface area contributed by atoms with Crippen molar-refractivity contribution in [2.45, 2.75) is 45.8 Å². The van der Waals surface area contributed by atoms with Crippen molar-refractivity contribution in [3.8, 4) is 5.75 Å². The van der Waals surface area contributed by atoms with Crippen molar-refractivity contribution >= 4 is 17.6 Å². The highest BCUT2D eigenvalue weighted by Gasteiger charge is 2.26. The van der Waals surface area contributed by atoms with Crippen molar-refractivity contribution in [2.24, 2.45) is 0 Å². The molecule has 0 aromatic heterocycles. The molecule has 0 unspecified atom stereocenters. The van der Waals surface area contributed by atoms with E-state index in [1.54, 1.807) is 59.1 Å². The Labute approximate surface area is 137 Å². The molecule has 0 radical (unpaired) electrons. The summed E-state index contributed by atoms with van der Waals surface area (Å²) in [6, 6.07) is 6.24. The number of esters is 2. The minimum atomic E-state index is -0.807. The lowest BCUT2D eigenvalue weighted by atomic mass is 10.1. The van der Waals surface area contributed by atoms with Gasteiger partial charge in [0.2, 0.25) is 0 Å². The van der Waals surface area contributed by atoms with Gasteiger partial charge in [-0.3, -0.25) is 4.79 Å². The normalized spacial score (nSPS) is 12.2. The molecule has 23 heavy (non-hydrogen) atoms. The smallest absolute Gasteiger partial charge is 0.329 e. The molecular weight excluding hydrogens is 298 g/mol. The molecule has 128 valence electrons. The van der Waals surface area contributed by atoms with E-state index in [1.807, 2.05) is 0 Å². The lowest BCUT2D eigenvalue weighted by Gasteiger charge is -2.22. The maximum Gasteiger partial charge on any atom is 0.329 e. The number of rotatable bonds is 7. The topological polar surface area (TPSA) is 73.9 Å². The van der Waals surface area contributed by atoms with Crippen LogP contribution >= 0.6 is 0 Å². The summed E-state index contributed by atoms with van der Waals surface area (Å²) in [4.78, 5) is 24.0. The number of carbonyl (C=O) groups is 2. The summed E-state index contributed by atoms with van der Waals surface area (Å²) in [6.45, 7) is 7.30. The van der Waals surface area contributed by atoms with Gasteiger partial charge in [-0.25, -0.2) is 4.79 Å². The van der Waals surface area contributed by atoms with Crippen LogP contribution in [0.25, 0.3) is 0 Å². The standard InChI is InChI=1S/C17H25NO5/c1-6-22-16(20)14(11-15(19)23-17(2,3)4)18-12-7-9-13(21-5)10-8-12/h7-10,14,18H,6,11H2,1-5H3/t14-/m1/s1. The van der Waals surface area contributed by atoms with E-state index in [9.17, 15) is 9.59 Å². The Morgan fingerprint density at radius 2 is 1.78 bits per heavy atom. The van der Waals surface area contributed by atoms with E-state index in [1.165, 1.54) is 0 Å². The minimum Gasteiger partial charge on any atom is -0.497 e. The highest BCUT2D eigenvalue weighted by atomic mass is 16.6. The van der Waals surface area contributed by atoms with Crippen LogP contribution in [0.2, 0.25) is 0 Å². The zero-order valence-corrected chi connectivity index (χ0v) is 14.3. The van der Waals surface area contributed by atoms with E-state index in [2.05, 4.69) is 5.32 Å². The van der Waals surface area contributed by atoms with Gasteiger partial charge in [0.05, 0.1) is 20.1 Å². The Hall–Kier alpha value is -2.24. The summed E-state index contributed by atoms with van der Waals surface area (Å²) in [7, 11) is 1.58. The fourth-order valence-corrected chi connectivity index (χ4v) is 1.87. The van der Waals surface area contributed by atoms with E-state index in [0.717, 1.165) is 0 Å². The first-order valence-electron chi connectivity index (χ1n) is 7.54. The van der Waals surface area contributed by atoms with E-state index in [4.69, 9.17) is 14.2 Å². The van der Waals surface area contributed by atoms with E-state index in [-0.39, 0.29) is 13.0 Å². The molecule has 0 aliphatic carbocycles. The summed E-state index contributed by atoms with van der Waals surface area (Å²) < 4.78 is 15.4. The predicted molar refractivity (Wildman–Crippen MR) is 87.5 cm³/mol. The molecule has 0 saturated carbocycles. The van der Waals surface area contributed by atoms with Gasteiger partial charge < -0.3 is 19.5 Å². The van der Waals surface area contributed by atoms with Gasteiger partial charge in [0, 0.05) is 5.69 Å². The molecule has 6 heteroatoms. The molecule has 0 bridgehead atoms. The molecule has 0 spiro atoms. The SMILES string of the molecule is CCOC(=O)[C@@H](CC(=O)OC(C)(C)C)Nc1ccc(OC)cc1. The van der Waals surface area contributed by atoms with Crippen molar-refractivity contribution in [1.29, 1.82) is 0 Å². The molecule has 0 amide bonds. The first kappa shape index (κ1) is 18.8. The van der Waals surface area contributed by atoms with Crippen LogP contribution in [0.1, 0.15) is 34.1 Å². The molecule has 1 atom stereocenters. The van der Waals surface area contributed by atoms with Crippen molar-refractivity contribution in [1.82, 2.24) is 0 Å². The van der Waals surface area contributed by atoms with Gasteiger partial charge in [-0.1, -0.05) is 0 Å². The number of ether oxygens (including phenoxy) is 3. The Kier molecular flexibility index (Phi) is 6.88. The molecule has 0 fully saturated rings. The maximum absolute atomic E-state index is 12.1. The van der Waals surface area contributed by atoms with Crippen molar-refractivity contribution in [2.75, 3.05) is 19.0 Å². The first-order valence-corrected chi connectivity index (χ1v) is 7.54. The lowest BCUT2D eigenvalue weighted by molar-refractivity contribution is -0.158. The number of hydrogen-bond acceptors (Lipinski definition) is 6. The highest BCUT2D eigenvalue weighted by Crippen LogP contribution is 2.18. The minimum absolute atomic E-state index is 0.109. The predicted octanol–water partition coefficient (Wildman–Crippen LogP) is 2.77. The van der Waals surface area contributed by atoms with Gasteiger partial charge in [-0.05, 0) is 52.0 Å². The molecule has 0 aliphatic heterocycles. The lowest BCUT2D eigenvalue weighted by Crippen LogP contribution is -2.36. The number of anilines is 1. The van der Waals surface area contributed by atoms with Gasteiger partial charge in [-0.15, -0.1) is 0 Å². The molecule has 6 nitrogen and oxygen atoms in total. The second-order valence-corrected chi connectivity index (χ2v) is 5.97. The van der Waals surface area contributed by atoms with Crippen molar-refractivity contribution in [3.05, 3.63) is 24.3 Å². The highest BCUT2D eigenvalue weighted by molar-refractivity contribution is 5.85. The van der Waals surface area contributed by atoms with Crippen LogP contribution in [0.5, 0.6) is 5.75 Å². The van der Waals surface area contributed by atoms with Crippen LogP contribution in [0.4, 0.5) is 5.69 Å². The molecule has 0 saturated heterocycles. The molecular formula is C17H25NO5. The van der Waals surface area contributed by atoms with Crippen LogP contribution in [-0.2, 0) is 19.1 Å². The van der Waals surface area contributed by atoms with Crippen LogP contribution in [0, 0.1) is 0 Å². The molecule has 1 aromatic rings. The second-order valence-electron chi connectivity index (χ2n) is 5.97. The van der Waals surface area contributed by atoms with E-state index < -0.39 is 23.6 Å². The number of nitrogens with one attached hydrogen (secondary N) is 1. The average molecular weight is 323 g/mol. The molecule has 1 N–H and O–H groups in total. The molecule has 1 aromatic carbocycles. The molecule has 0 heterocycles. The van der Waals surface area contributed by atoms with Crippen LogP contribution in [0.3, 0.4) is 0 Å². The third kappa shape index (κ3) is 7.04. The van der Waals surface area contributed by atoms with Crippen LogP contribution in [-0.4, -0.2) is 37.3 Å². The fraction of sp³-hybridized carbons (Fsp3) is 0.529. The monoisotopic (exact) mass is 323 g/mol. The number of methoxy groups -OCH3 is 1. The summed E-state index contributed by atoms with van der Waals surface area (Å²) in [5, 5.41) is 3.00. The van der Waals surface area contributed by atoms with Crippen LogP contribution < -0.4 is 10.1 Å². The fourth-order valence-electron chi connectivity index (χ4n) is 1.87. The third-order valence-electron chi connectivity index (χ3n) is 2.79. The van der Waals surface area contributed by atoms with Gasteiger partial charge in [0.25, 0.3) is 0 Å². The Balaban J connectivity index is 2.79. The van der Waals surface area contributed by atoms with Crippen LogP contribution in [0.15, 0.2) is 24.3 Å². The average Bonchev–Trinajstić information content (AvgIpc) is 2.45. The number of benzene rings is 1. The third-order valence-corrected chi connectivity index (χ3v) is 2.79.